The number of benzene rings is 2. The lowest BCUT2D eigenvalue weighted by Crippen LogP contribution is -2.05. The van der Waals surface area contributed by atoms with E-state index in [1.807, 2.05) is 6.20 Å². The van der Waals surface area contributed by atoms with E-state index in [9.17, 15) is 13.2 Å². The molecule has 35 heavy (non-hydrogen) atoms. The third-order valence-electron chi connectivity index (χ3n) is 6.17. The van der Waals surface area contributed by atoms with E-state index < -0.39 is 17.6 Å². The highest BCUT2D eigenvalue weighted by Gasteiger charge is 2.31. The van der Waals surface area contributed by atoms with E-state index in [4.69, 9.17) is 17.3 Å². The standard InChI is InChI=1S/C24H20ClF4N5S/c25-17-7-6-14(24(27,28)29)10-20(17)35-33-19-8-5-13(9-18(19)26)16-11-34(15-3-1-2-4-15)23-21(16)22(30)31-12-32-23/h5-12,15,33H,1-4H2,(H2,30,31,32). The quantitative estimate of drug-likeness (QED) is 0.208. The molecule has 1 saturated carbocycles. The Morgan fingerprint density at radius 1 is 1.09 bits per heavy atom. The van der Waals surface area contributed by atoms with Crippen molar-refractivity contribution < 1.29 is 17.6 Å². The number of anilines is 2. The average Bonchev–Trinajstić information content (AvgIpc) is 3.47. The van der Waals surface area contributed by atoms with Gasteiger partial charge < -0.3 is 15.0 Å². The molecule has 5 nitrogen and oxygen atoms in total. The van der Waals surface area contributed by atoms with Crippen LogP contribution < -0.4 is 10.5 Å². The molecule has 1 aliphatic rings. The van der Waals surface area contributed by atoms with Crippen LogP contribution >= 0.6 is 23.5 Å². The first-order valence-corrected chi connectivity index (χ1v) is 12.1. The van der Waals surface area contributed by atoms with E-state index in [1.165, 1.54) is 24.5 Å². The SMILES string of the molecule is Nc1ncnc2c1c(-c1ccc(NSc3cc(C(F)(F)F)ccc3Cl)c(F)c1)cn2C1CCCC1. The Bertz CT molecular complexity index is 1400. The maximum atomic E-state index is 15.1. The first kappa shape index (κ1) is 23.7. The maximum Gasteiger partial charge on any atom is 0.416 e. The van der Waals surface area contributed by atoms with Gasteiger partial charge in [0.05, 0.1) is 21.7 Å². The number of nitrogens with two attached hydrogens (primary N) is 1. The van der Waals surface area contributed by atoms with Crippen LogP contribution in [-0.4, -0.2) is 14.5 Å². The van der Waals surface area contributed by atoms with Crippen molar-refractivity contribution in [3.05, 3.63) is 65.3 Å². The van der Waals surface area contributed by atoms with Gasteiger partial charge in [-0.1, -0.05) is 30.5 Å². The van der Waals surface area contributed by atoms with E-state index in [0.717, 1.165) is 61.0 Å². The van der Waals surface area contributed by atoms with E-state index in [0.29, 0.717) is 22.8 Å². The highest BCUT2D eigenvalue weighted by molar-refractivity contribution is 8.00. The number of aromatic nitrogens is 3. The zero-order valence-electron chi connectivity index (χ0n) is 18.2. The van der Waals surface area contributed by atoms with Crippen LogP contribution in [0.2, 0.25) is 5.02 Å². The van der Waals surface area contributed by atoms with Crippen molar-refractivity contribution in [2.75, 3.05) is 10.5 Å². The molecule has 0 radical (unpaired) electrons. The van der Waals surface area contributed by atoms with Gasteiger partial charge in [-0.05, 0) is 60.7 Å². The third kappa shape index (κ3) is 4.64. The second-order valence-corrected chi connectivity index (χ2v) is 9.64. The topological polar surface area (TPSA) is 68.8 Å². The highest BCUT2D eigenvalue weighted by Crippen LogP contribution is 2.40. The second kappa shape index (κ2) is 9.23. The lowest BCUT2D eigenvalue weighted by atomic mass is 10.1. The van der Waals surface area contributed by atoms with Crippen LogP contribution in [0.15, 0.2) is 53.8 Å². The number of hydrogen-bond donors (Lipinski definition) is 2. The molecular weight excluding hydrogens is 502 g/mol. The van der Waals surface area contributed by atoms with Crippen molar-refractivity contribution in [1.82, 2.24) is 14.5 Å². The maximum absolute atomic E-state index is 15.1. The third-order valence-corrected chi connectivity index (χ3v) is 7.49. The molecule has 1 aliphatic carbocycles. The zero-order chi connectivity index (χ0) is 24.7. The number of fused-ring (bicyclic) bond motifs is 1. The number of alkyl halides is 3. The molecule has 4 aromatic rings. The smallest absolute Gasteiger partial charge is 0.383 e. The fourth-order valence-electron chi connectivity index (χ4n) is 4.42. The fourth-order valence-corrected chi connectivity index (χ4v) is 5.39. The molecule has 2 heterocycles. The first-order valence-electron chi connectivity index (χ1n) is 10.9. The number of halogens is 5. The average molecular weight is 522 g/mol. The Labute approximate surface area is 207 Å². The Balaban J connectivity index is 1.45. The van der Waals surface area contributed by atoms with Crippen LogP contribution in [0, 0.1) is 5.82 Å². The number of nitrogen functional groups attached to an aromatic ring is 1. The summed E-state index contributed by atoms with van der Waals surface area (Å²) >= 11 is 6.84. The van der Waals surface area contributed by atoms with E-state index in [2.05, 4.69) is 19.3 Å². The number of nitrogens with one attached hydrogen (secondary N) is 1. The predicted molar refractivity (Wildman–Crippen MR) is 131 cm³/mol. The summed E-state index contributed by atoms with van der Waals surface area (Å²) in [5, 5.41) is 0.798. The van der Waals surface area contributed by atoms with Gasteiger partial charge in [-0.2, -0.15) is 13.2 Å². The molecule has 0 amide bonds. The van der Waals surface area contributed by atoms with E-state index in [1.54, 1.807) is 6.07 Å². The summed E-state index contributed by atoms with van der Waals surface area (Å²) in [5.41, 5.74) is 7.49. The van der Waals surface area contributed by atoms with Crippen LogP contribution in [0.3, 0.4) is 0 Å². The van der Waals surface area contributed by atoms with Crippen molar-refractivity contribution in [3.8, 4) is 11.1 Å². The lowest BCUT2D eigenvalue weighted by molar-refractivity contribution is -0.137. The molecule has 0 bridgehead atoms. The van der Waals surface area contributed by atoms with Gasteiger partial charge in [0.2, 0.25) is 0 Å². The molecule has 0 unspecified atom stereocenters. The number of nitrogens with zero attached hydrogens (tertiary/aromatic N) is 3. The van der Waals surface area contributed by atoms with Gasteiger partial charge in [0.1, 0.15) is 23.6 Å². The minimum atomic E-state index is -4.50. The largest absolute Gasteiger partial charge is 0.416 e. The molecule has 3 N–H and O–H groups in total. The second-order valence-electron chi connectivity index (χ2n) is 8.39. The van der Waals surface area contributed by atoms with Gasteiger partial charge in [0.25, 0.3) is 0 Å². The molecule has 182 valence electrons. The summed E-state index contributed by atoms with van der Waals surface area (Å²) in [6.45, 7) is 0. The van der Waals surface area contributed by atoms with Crippen molar-refractivity contribution in [2.24, 2.45) is 0 Å². The molecule has 0 saturated heterocycles. The molecule has 0 atom stereocenters. The molecular formula is C24H20ClF4N5S. The number of rotatable bonds is 5. The van der Waals surface area contributed by atoms with E-state index in [-0.39, 0.29) is 15.6 Å². The molecule has 5 rings (SSSR count). The van der Waals surface area contributed by atoms with Crippen molar-refractivity contribution in [1.29, 1.82) is 0 Å². The molecule has 1 fully saturated rings. The lowest BCUT2D eigenvalue weighted by Gasteiger charge is -2.12. The molecule has 0 spiro atoms. The molecule has 2 aromatic heterocycles. The molecule has 2 aromatic carbocycles. The molecule has 11 heteroatoms. The van der Waals surface area contributed by atoms with Crippen molar-refractivity contribution >= 4 is 46.1 Å². The summed E-state index contributed by atoms with van der Waals surface area (Å²) in [4.78, 5) is 8.69. The van der Waals surface area contributed by atoms with Gasteiger partial charge in [0.15, 0.2) is 0 Å². The summed E-state index contributed by atoms with van der Waals surface area (Å²) in [5.74, 6) is -0.255. The normalized spacial score (nSPS) is 14.7. The van der Waals surface area contributed by atoms with Crippen LogP contribution in [0.1, 0.15) is 37.3 Å². The van der Waals surface area contributed by atoms with Crippen molar-refractivity contribution in [3.63, 3.8) is 0 Å². The predicted octanol–water partition coefficient (Wildman–Crippen LogP) is 7.73. The Hall–Kier alpha value is -2.98. The van der Waals surface area contributed by atoms with Crippen molar-refractivity contribution in [2.45, 2.75) is 42.8 Å². The van der Waals surface area contributed by atoms with Gasteiger partial charge in [-0.15, -0.1) is 0 Å². The monoisotopic (exact) mass is 521 g/mol. The Kier molecular flexibility index (Phi) is 6.27. The van der Waals surface area contributed by atoms with E-state index >= 15 is 4.39 Å². The molecule has 0 aliphatic heterocycles. The Morgan fingerprint density at radius 3 is 2.57 bits per heavy atom. The summed E-state index contributed by atoms with van der Waals surface area (Å²) in [6, 6.07) is 7.90. The zero-order valence-corrected chi connectivity index (χ0v) is 19.8. The summed E-state index contributed by atoms with van der Waals surface area (Å²) in [6.07, 6.45) is 3.24. The fraction of sp³-hybridized carbons (Fsp3) is 0.250. The first-order chi connectivity index (χ1) is 16.7. The van der Waals surface area contributed by atoms with Gasteiger partial charge in [-0.3, -0.25) is 0 Å². The van der Waals surface area contributed by atoms with Gasteiger partial charge in [0, 0.05) is 22.7 Å². The summed E-state index contributed by atoms with van der Waals surface area (Å²) in [7, 11) is 0. The van der Waals surface area contributed by atoms with Crippen LogP contribution in [-0.2, 0) is 6.18 Å². The minimum absolute atomic E-state index is 0.107. The van der Waals surface area contributed by atoms with Gasteiger partial charge in [-0.25, -0.2) is 14.4 Å². The Morgan fingerprint density at radius 2 is 1.86 bits per heavy atom. The van der Waals surface area contributed by atoms with Crippen LogP contribution in [0.25, 0.3) is 22.2 Å². The summed E-state index contributed by atoms with van der Waals surface area (Å²) < 4.78 is 59.0. The minimum Gasteiger partial charge on any atom is -0.383 e. The van der Waals surface area contributed by atoms with Gasteiger partial charge >= 0.3 is 6.18 Å². The highest BCUT2D eigenvalue weighted by atomic mass is 35.5. The number of hydrogen-bond acceptors (Lipinski definition) is 5. The van der Waals surface area contributed by atoms with Crippen LogP contribution in [0.4, 0.5) is 29.1 Å². The van der Waals surface area contributed by atoms with Crippen LogP contribution in [0.5, 0.6) is 0 Å².